The standard InChI is InChI=1S/C23H20ClN3O2/c1-16(17-5-9-19(24)10-6-17)25-23(28)18-7-11-21(12-8-18)29-15-20-14-27-13-3-2-4-22(27)26-20/h2-14,16H,15H2,1H3,(H,25,28)/t16-/m1/s1. The Balaban J connectivity index is 1.35. The van der Waals surface area contributed by atoms with Gasteiger partial charge in [-0.25, -0.2) is 4.98 Å². The fourth-order valence-electron chi connectivity index (χ4n) is 3.03. The van der Waals surface area contributed by atoms with E-state index in [9.17, 15) is 4.79 Å². The highest BCUT2D eigenvalue weighted by Gasteiger charge is 2.12. The zero-order valence-corrected chi connectivity index (χ0v) is 16.6. The van der Waals surface area contributed by atoms with Gasteiger partial charge in [-0.15, -0.1) is 0 Å². The first-order valence-corrected chi connectivity index (χ1v) is 9.68. The van der Waals surface area contributed by atoms with Gasteiger partial charge in [0, 0.05) is 23.0 Å². The van der Waals surface area contributed by atoms with Crippen molar-refractivity contribution in [3.05, 3.63) is 101 Å². The minimum atomic E-state index is -0.139. The first-order valence-electron chi connectivity index (χ1n) is 9.30. The number of halogens is 1. The van der Waals surface area contributed by atoms with Crippen LogP contribution in [0.3, 0.4) is 0 Å². The highest BCUT2D eigenvalue weighted by Crippen LogP contribution is 2.18. The maximum absolute atomic E-state index is 12.5. The van der Waals surface area contributed by atoms with Gasteiger partial charge in [-0.2, -0.15) is 0 Å². The summed E-state index contributed by atoms with van der Waals surface area (Å²) < 4.78 is 7.75. The van der Waals surface area contributed by atoms with E-state index in [-0.39, 0.29) is 11.9 Å². The Bertz CT molecular complexity index is 1090. The van der Waals surface area contributed by atoms with Crippen LogP contribution in [0, 0.1) is 0 Å². The predicted molar refractivity (Wildman–Crippen MR) is 113 cm³/mol. The summed E-state index contributed by atoms with van der Waals surface area (Å²) >= 11 is 5.91. The second kappa shape index (κ2) is 8.37. The Kier molecular flexibility index (Phi) is 5.49. The summed E-state index contributed by atoms with van der Waals surface area (Å²) in [6, 6.07) is 20.3. The summed E-state index contributed by atoms with van der Waals surface area (Å²) in [5.41, 5.74) is 3.30. The molecule has 1 N–H and O–H groups in total. The van der Waals surface area contributed by atoms with Crippen LogP contribution in [0.5, 0.6) is 5.75 Å². The number of hydrogen-bond donors (Lipinski definition) is 1. The second-order valence-electron chi connectivity index (χ2n) is 6.76. The Morgan fingerprint density at radius 1 is 1.10 bits per heavy atom. The minimum Gasteiger partial charge on any atom is -0.487 e. The molecule has 0 saturated carbocycles. The van der Waals surface area contributed by atoms with E-state index in [1.165, 1.54) is 0 Å². The summed E-state index contributed by atoms with van der Waals surface area (Å²) in [7, 11) is 0. The number of nitrogens with zero attached hydrogens (tertiary/aromatic N) is 2. The molecule has 0 bridgehead atoms. The molecular weight excluding hydrogens is 386 g/mol. The summed E-state index contributed by atoms with van der Waals surface area (Å²) in [6.45, 7) is 2.30. The quantitative estimate of drug-likeness (QED) is 0.488. The largest absolute Gasteiger partial charge is 0.487 e. The number of imidazole rings is 1. The lowest BCUT2D eigenvalue weighted by Gasteiger charge is -2.14. The number of ether oxygens (including phenoxy) is 1. The van der Waals surface area contributed by atoms with E-state index in [2.05, 4.69) is 10.3 Å². The molecule has 0 aliphatic carbocycles. The number of nitrogens with one attached hydrogen (secondary N) is 1. The van der Waals surface area contributed by atoms with E-state index in [0.29, 0.717) is 22.9 Å². The molecule has 1 amide bonds. The fraction of sp³-hybridized carbons (Fsp3) is 0.130. The molecule has 6 heteroatoms. The van der Waals surface area contributed by atoms with Gasteiger partial charge in [0.05, 0.1) is 11.7 Å². The summed E-state index contributed by atoms with van der Waals surface area (Å²) in [5, 5.41) is 3.66. The lowest BCUT2D eigenvalue weighted by atomic mass is 10.1. The zero-order valence-electron chi connectivity index (χ0n) is 15.9. The topological polar surface area (TPSA) is 55.6 Å². The van der Waals surface area contributed by atoms with Crippen molar-refractivity contribution in [2.75, 3.05) is 0 Å². The van der Waals surface area contributed by atoms with E-state index in [4.69, 9.17) is 16.3 Å². The Hall–Kier alpha value is -3.31. The molecular formula is C23H20ClN3O2. The number of rotatable bonds is 6. The molecule has 2 heterocycles. The molecule has 146 valence electrons. The Morgan fingerprint density at radius 3 is 2.59 bits per heavy atom. The van der Waals surface area contributed by atoms with Crippen molar-refractivity contribution < 1.29 is 9.53 Å². The molecule has 0 unspecified atom stereocenters. The Labute approximate surface area is 173 Å². The molecule has 0 aliphatic rings. The van der Waals surface area contributed by atoms with Crippen molar-refractivity contribution in [1.82, 2.24) is 14.7 Å². The number of carbonyl (C=O) groups is 1. The molecule has 0 saturated heterocycles. The third-order valence-electron chi connectivity index (χ3n) is 4.63. The molecule has 5 nitrogen and oxygen atoms in total. The molecule has 2 aromatic carbocycles. The van der Waals surface area contributed by atoms with E-state index < -0.39 is 0 Å². The summed E-state index contributed by atoms with van der Waals surface area (Å²) in [6.07, 6.45) is 3.89. The second-order valence-corrected chi connectivity index (χ2v) is 7.19. The third-order valence-corrected chi connectivity index (χ3v) is 4.89. The van der Waals surface area contributed by atoms with Crippen LogP contribution in [-0.2, 0) is 6.61 Å². The van der Waals surface area contributed by atoms with Crippen LogP contribution < -0.4 is 10.1 Å². The van der Waals surface area contributed by atoms with Gasteiger partial charge in [0.15, 0.2) is 0 Å². The number of hydrogen-bond acceptors (Lipinski definition) is 3. The van der Waals surface area contributed by atoms with Crippen molar-refractivity contribution in [2.45, 2.75) is 19.6 Å². The van der Waals surface area contributed by atoms with E-state index in [0.717, 1.165) is 16.9 Å². The van der Waals surface area contributed by atoms with Gasteiger partial charge in [0.1, 0.15) is 18.0 Å². The SMILES string of the molecule is C[C@@H](NC(=O)c1ccc(OCc2cn3ccccc3n2)cc1)c1ccc(Cl)cc1. The lowest BCUT2D eigenvalue weighted by molar-refractivity contribution is 0.0940. The highest BCUT2D eigenvalue weighted by atomic mass is 35.5. The van der Waals surface area contributed by atoms with Crippen LogP contribution in [0.1, 0.15) is 34.6 Å². The van der Waals surface area contributed by atoms with E-state index >= 15 is 0 Å². The number of amides is 1. The number of benzene rings is 2. The van der Waals surface area contributed by atoms with Crippen molar-refractivity contribution >= 4 is 23.2 Å². The average Bonchev–Trinajstić information content (AvgIpc) is 3.16. The third kappa shape index (κ3) is 4.58. The van der Waals surface area contributed by atoms with Gasteiger partial charge >= 0.3 is 0 Å². The van der Waals surface area contributed by atoms with Gasteiger partial charge in [-0.05, 0) is 61.0 Å². The van der Waals surface area contributed by atoms with Gasteiger partial charge < -0.3 is 14.5 Å². The van der Waals surface area contributed by atoms with Gasteiger partial charge in [0.25, 0.3) is 5.91 Å². The molecule has 4 rings (SSSR count). The van der Waals surface area contributed by atoms with E-state index in [1.807, 2.05) is 66.2 Å². The number of aromatic nitrogens is 2. The van der Waals surface area contributed by atoms with Crippen molar-refractivity contribution in [2.24, 2.45) is 0 Å². The minimum absolute atomic E-state index is 0.120. The summed E-state index contributed by atoms with van der Waals surface area (Å²) in [5.74, 6) is 0.545. The van der Waals surface area contributed by atoms with Gasteiger partial charge in [-0.1, -0.05) is 29.8 Å². The lowest BCUT2D eigenvalue weighted by Crippen LogP contribution is -2.26. The first-order chi connectivity index (χ1) is 14.1. The van der Waals surface area contributed by atoms with Gasteiger partial charge in [-0.3, -0.25) is 4.79 Å². The number of pyridine rings is 1. The van der Waals surface area contributed by atoms with E-state index in [1.54, 1.807) is 24.3 Å². The Morgan fingerprint density at radius 2 is 1.86 bits per heavy atom. The molecule has 29 heavy (non-hydrogen) atoms. The molecule has 0 spiro atoms. The first kappa shape index (κ1) is 19.0. The number of carbonyl (C=O) groups excluding carboxylic acids is 1. The smallest absolute Gasteiger partial charge is 0.251 e. The van der Waals surface area contributed by atoms with Crippen LogP contribution in [0.2, 0.25) is 5.02 Å². The summed E-state index contributed by atoms with van der Waals surface area (Å²) in [4.78, 5) is 17.0. The van der Waals surface area contributed by atoms with Crippen LogP contribution in [0.15, 0.2) is 79.1 Å². The molecule has 4 aromatic rings. The monoisotopic (exact) mass is 405 g/mol. The maximum atomic E-state index is 12.5. The fourth-order valence-corrected chi connectivity index (χ4v) is 3.16. The molecule has 1 atom stereocenters. The average molecular weight is 406 g/mol. The normalized spacial score (nSPS) is 11.9. The molecule has 0 radical (unpaired) electrons. The highest BCUT2D eigenvalue weighted by molar-refractivity contribution is 6.30. The number of fused-ring (bicyclic) bond motifs is 1. The maximum Gasteiger partial charge on any atom is 0.251 e. The zero-order chi connectivity index (χ0) is 20.2. The van der Waals surface area contributed by atoms with Crippen LogP contribution in [-0.4, -0.2) is 15.3 Å². The molecule has 0 aliphatic heterocycles. The van der Waals surface area contributed by atoms with Crippen LogP contribution in [0.4, 0.5) is 0 Å². The molecule has 2 aromatic heterocycles. The van der Waals surface area contributed by atoms with Crippen molar-refractivity contribution in [1.29, 1.82) is 0 Å². The van der Waals surface area contributed by atoms with Crippen LogP contribution in [0.25, 0.3) is 5.65 Å². The molecule has 0 fully saturated rings. The van der Waals surface area contributed by atoms with Crippen molar-refractivity contribution in [3.8, 4) is 5.75 Å². The van der Waals surface area contributed by atoms with Crippen LogP contribution >= 0.6 is 11.6 Å². The van der Waals surface area contributed by atoms with Gasteiger partial charge in [0.2, 0.25) is 0 Å². The van der Waals surface area contributed by atoms with Crippen molar-refractivity contribution in [3.63, 3.8) is 0 Å². The predicted octanol–water partition coefficient (Wildman–Crippen LogP) is 5.06.